The quantitative estimate of drug-likeness (QED) is 0.0765. The van der Waals surface area contributed by atoms with Crippen LogP contribution in [0.5, 0.6) is 0 Å². The van der Waals surface area contributed by atoms with Crippen LogP contribution in [0.1, 0.15) is 170 Å². The molecule has 0 amide bonds. The maximum atomic E-state index is 7.70. The molecule has 0 radical (unpaired) electrons. The van der Waals surface area contributed by atoms with Gasteiger partial charge in [0.1, 0.15) is 0 Å². The molecule has 6 heteroatoms. The topological polar surface area (TPSA) is 83.0 Å². The summed E-state index contributed by atoms with van der Waals surface area (Å²) in [5, 5.41) is 0. The van der Waals surface area contributed by atoms with Crippen molar-refractivity contribution in [1.82, 2.24) is 4.90 Å². The number of nitrogens with zero attached hydrogens (tertiary/aromatic N) is 1. The van der Waals surface area contributed by atoms with Crippen LogP contribution in [0.25, 0.3) is 0 Å². The molecule has 0 heterocycles. The highest BCUT2D eigenvalue weighted by Gasteiger charge is 2.68. The molecule has 298 valence electrons. The van der Waals surface area contributed by atoms with E-state index >= 15 is 0 Å². The average Bonchev–Trinajstić information content (AvgIpc) is 3.37. The first-order valence-corrected chi connectivity index (χ1v) is 22.0. The van der Waals surface area contributed by atoms with E-state index in [1.807, 2.05) is 0 Å². The Labute approximate surface area is 316 Å². The normalized spacial score (nSPS) is 34.7. The molecule has 0 bridgehead atoms. The van der Waals surface area contributed by atoms with Crippen molar-refractivity contribution in [2.45, 2.75) is 193 Å². The van der Waals surface area contributed by atoms with Gasteiger partial charge < -0.3 is 30.6 Å². The minimum atomic E-state index is -0.124. The van der Waals surface area contributed by atoms with Crippen molar-refractivity contribution < 1.29 is 14.2 Å². The van der Waals surface area contributed by atoms with E-state index in [1.165, 1.54) is 96.3 Å². The van der Waals surface area contributed by atoms with Crippen molar-refractivity contribution in [3.63, 3.8) is 0 Å². The van der Waals surface area contributed by atoms with Gasteiger partial charge >= 0.3 is 0 Å². The largest absolute Gasteiger partial charge is 0.380 e. The van der Waals surface area contributed by atoms with E-state index in [-0.39, 0.29) is 21.9 Å². The second-order valence-corrected chi connectivity index (χ2v) is 19.2. The molecular weight excluding hydrogens is 631 g/mol. The fraction of sp³-hybridized carbons (Fsp3) is 0.956. The van der Waals surface area contributed by atoms with E-state index in [0.29, 0.717) is 29.9 Å². The van der Waals surface area contributed by atoms with Gasteiger partial charge in [-0.3, -0.25) is 0 Å². The molecule has 3 saturated carbocycles. The highest BCUT2D eigenvalue weighted by molar-refractivity contribution is 5.32. The molecule has 4 aliphatic rings. The summed E-state index contributed by atoms with van der Waals surface area (Å²) in [5.41, 5.74) is 17.0. The van der Waals surface area contributed by atoms with Crippen LogP contribution in [0.2, 0.25) is 0 Å². The predicted octanol–water partition coefficient (Wildman–Crippen LogP) is 10.1. The molecule has 6 nitrogen and oxygen atoms in total. The molecule has 4 N–H and O–H groups in total. The molecule has 4 aliphatic carbocycles. The number of rotatable bonds is 24. The van der Waals surface area contributed by atoms with Gasteiger partial charge in [-0.1, -0.05) is 105 Å². The number of unbranched alkanes of at least 4 members (excludes halogenated alkanes) is 7. The van der Waals surface area contributed by atoms with E-state index in [9.17, 15) is 0 Å². The zero-order valence-electron chi connectivity index (χ0n) is 35.0. The Bertz CT molecular complexity index is 1050. The van der Waals surface area contributed by atoms with Crippen LogP contribution in [-0.4, -0.2) is 75.3 Å². The lowest BCUT2D eigenvalue weighted by Crippen LogP contribution is -2.69. The first kappa shape index (κ1) is 43.2. The van der Waals surface area contributed by atoms with Crippen LogP contribution in [-0.2, 0) is 14.2 Å². The number of ether oxygens (including phenoxy) is 3. The van der Waals surface area contributed by atoms with Crippen molar-refractivity contribution in [3.05, 3.63) is 11.6 Å². The van der Waals surface area contributed by atoms with Gasteiger partial charge in [-0.2, -0.15) is 0 Å². The monoisotopic (exact) mass is 716 g/mol. The molecule has 9 atom stereocenters. The fourth-order valence-corrected chi connectivity index (χ4v) is 11.5. The van der Waals surface area contributed by atoms with Crippen molar-refractivity contribution in [2.24, 2.45) is 46.0 Å². The number of hydrogen-bond donors (Lipinski definition) is 2. The summed E-state index contributed by atoms with van der Waals surface area (Å²) in [6.07, 6.45) is 27.3. The molecule has 9 unspecified atom stereocenters. The van der Waals surface area contributed by atoms with Crippen LogP contribution in [0.15, 0.2) is 11.6 Å². The van der Waals surface area contributed by atoms with Crippen LogP contribution < -0.4 is 11.5 Å². The first-order chi connectivity index (χ1) is 24.3. The lowest BCUT2D eigenvalue weighted by molar-refractivity contribution is -0.0850. The average molecular weight is 716 g/mol. The van der Waals surface area contributed by atoms with Gasteiger partial charge in [0.2, 0.25) is 0 Å². The maximum Gasteiger partial charge on any atom is 0.0644 e. The number of hydrogen-bond acceptors (Lipinski definition) is 6. The molecule has 0 aromatic carbocycles. The second-order valence-electron chi connectivity index (χ2n) is 19.2. The number of nitrogens with two attached hydrogens (primary N) is 2. The van der Waals surface area contributed by atoms with Crippen LogP contribution in [0, 0.1) is 34.5 Å². The summed E-state index contributed by atoms with van der Waals surface area (Å²) in [6.45, 7) is 18.6. The Balaban J connectivity index is 1.13. The van der Waals surface area contributed by atoms with E-state index < -0.39 is 0 Å². The van der Waals surface area contributed by atoms with Crippen molar-refractivity contribution in [1.29, 1.82) is 0 Å². The number of likely N-dealkylation sites (N-methyl/N-ethyl adjacent to an activating group) is 1. The molecule has 0 saturated heterocycles. The van der Waals surface area contributed by atoms with Gasteiger partial charge in [-0.15, -0.1) is 0 Å². The number of fused-ring (bicyclic) bond motifs is 5. The minimum absolute atomic E-state index is 0.0877. The van der Waals surface area contributed by atoms with Gasteiger partial charge in [0.15, 0.2) is 0 Å². The third-order valence-electron chi connectivity index (χ3n) is 15.1. The van der Waals surface area contributed by atoms with Gasteiger partial charge in [0.25, 0.3) is 0 Å². The van der Waals surface area contributed by atoms with Gasteiger partial charge in [0.05, 0.1) is 25.4 Å². The zero-order chi connectivity index (χ0) is 37.1. The van der Waals surface area contributed by atoms with E-state index in [4.69, 9.17) is 25.7 Å². The first-order valence-electron chi connectivity index (χ1n) is 22.0. The molecule has 51 heavy (non-hydrogen) atoms. The predicted molar refractivity (Wildman–Crippen MR) is 216 cm³/mol. The summed E-state index contributed by atoms with van der Waals surface area (Å²) in [5.74, 6) is 2.42. The minimum Gasteiger partial charge on any atom is -0.380 e. The highest BCUT2D eigenvalue weighted by atomic mass is 16.5. The zero-order valence-corrected chi connectivity index (χ0v) is 35.0. The summed E-state index contributed by atoms with van der Waals surface area (Å²) in [4.78, 5) is 2.23. The highest BCUT2D eigenvalue weighted by Crippen LogP contribution is 2.68. The van der Waals surface area contributed by atoms with Crippen molar-refractivity contribution >= 4 is 0 Å². The van der Waals surface area contributed by atoms with Gasteiger partial charge in [-0.25, -0.2) is 0 Å². The fourth-order valence-electron chi connectivity index (χ4n) is 11.5. The summed E-state index contributed by atoms with van der Waals surface area (Å²) >= 11 is 0. The summed E-state index contributed by atoms with van der Waals surface area (Å²) < 4.78 is 18.5. The van der Waals surface area contributed by atoms with Crippen molar-refractivity contribution in [2.75, 3.05) is 47.1 Å². The Kier molecular flexibility index (Phi) is 16.9. The van der Waals surface area contributed by atoms with E-state index in [0.717, 1.165) is 71.1 Å². The van der Waals surface area contributed by atoms with Crippen LogP contribution in [0.3, 0.4) is 0 Å². The molecule has 0 spiro atoms. The van der Waals surface area contributed by atoms with Crippen LogP contribution >= 0.6 is 0 Å². The second kappa shape index (κ2) is 19.9. The molecule has 3 fully saturated rings. The molecule has 0 aromatic heterocycles. The standard InChI is InChI=1S/C45H85N3O3/c1-9-10-15-29-49-33-38(48(7)8)34-50-30-16-13-11-12-14-17-31-51-39-22-25-42(5)37(32-39)21-27-44(46)40(42)23-26-43(6)41(44)24-28-45(43,47)36(4)20-18-19-35(2)3/h21,35-36,38-41H,9-20,22-34,46-47H2,1-8H3. The Morgan fingerprint density at radius 1 is 0.765 bits per heavy atom. The SMILES string of the molecule is CCCCCOCC(COCCCCCCCCOC1CCC2(C)C(=CCC3(N)C2CCC2(C)C3CCC2(N)C(C)CCCC(C)C)C1)N(C)C. The molecule has 0 aliphatic heterocycles. The molecule has 0 aromatic rings. The molecular formula is C45H85N3O3. The third kappa shape index (κ3) is 10.4. The lowest BCUT2D eigenvalue weighted by atomic mass is 9.43. The van der Waals surface area contributed by atoms with E-state index in [2.05, 4.69) is 66.6 Å². The summed E-state index contributed by atoms with van der Waals surface area (Å²) in [6, 6.07) is 0.342. The molecule has 4 rings (SSSR count). The maximum absolute atomic E-state index is 7.70. The Morgan fingerprint density at radius 2 is 1.39 bits per heavy atom. The summed E-state index contributed by atoms with van der Waals surface area (Å²) in [7, 11) is 4.25. The Morgan fingerprint density at radius 3 is 2.04 bits per heavy atom. The van der Waals surface area contributed by atoms with E-state index in [1.54, 1.807) is 5.57 Å². The van der Waals surface area contributed by atoms with Crippen molar-refractivity contribution in [3.8, 4) is 0 Å². The van der Waals surface area contributed by atoms with Gasteiger partial charge in [-0.05, 0) is 126 Å². The lowest BCUT2D eigenvalue weighted by Gasteiger charge is -2.64. The smallest absolute Gasteiger partial charge is 0.0644 e. The Hall–Kier alpha value is -0.500. The van der Waals surface area contributed by atoms with Crippen LogP contribution in [0.4, 0.5) is 0 Å². The third-order valence-corrected chi connectivity index (χ3v) is 15.1. The van der Waals surface area contributed by atoms with Gasteiger partial charge in [0, 0.05) is 30.9 Å².